The summed E-state index contributed by atoms with van der Waals surface area (Å²) < 4.78 is 0. The van der Waals surface area contributed by atoms with Gasteiger partial charge in [-0.15, -0.1) is 0 Å². The molecule has 2 heterocycles. The molecule has 0 unspecified atom stereocenters. The Morgan fingerprint density at radius 2 is 2.14 bits per heavy atom. The molecule has 5 heteroatoms. The first kappa shape index (κ1) is 8.43. The normalized spacial score (nSPS) is 18.1. The van der Waals surface area contributed by atoms with Gasteiger partial charge in [0.25, 0.3) is 5.91 Å². The summed E-state index contributed by atoms with van der Waals surface area (Å²) in [6.07, 6.45) is 4.80. The maximum Gasteiger partial charge on any atom is 0.326 e. The van der Waals surface area contributed by atoms with Gasteiger partial charge in [0.1, 0.15) is 5.70 Å². The average Bonchev–Trinajstić information content (AvgIpc) is 2.47. The molecule has 1 aliphatic heterocycles. The number of carbonyl (C=O) groups is 2. The van der Waals surface area contributed by atoms with Crippen molar-refractivity contribution in [3.05, 3.63) is 35.8 Å². The van der Waals surface area contributed by atoms with Gasteiger partial charge in [0.05, 0.1) is 0 Å². The van der Waals surface area contributed by atoms with E-state index in [-0.39, 0.29) is 5.70 Å². The molecule has 3 amide bonds. The Bertz CT molecular complexity index is 411. The number of pyridine rings is 1. The summed E-state index contributed by atoms with van der Waals surface area (Å²) in [7, 11) is 0. The van der Waals surface area contributed by atoms with Crippen LogP contribution < -0.4 is 10.6 Å². The zero-order valence-electron chi connectivity index (χ0n) is 7.15. The van der Waals surface area contributed by atoms with E-state index in [1.807, 2.05) is 0 Å². The molecular weight excluding hydrogens is 182 g/mol. The van der Waals surface area contributed by atoms with Crippen LogP contribution in [0.1, 0.15) is 5.56 Å². The van der Waals surface area contributed by atoms with Gasteiger partial charge in [-0.05, 0) is 17.7 Å². The lowest BCUT2D eigenvalue weighted by Crippen LogP contribution is -2.22. The van der Waals surface area contributed by atoms with Crippen molar-refractivity contribution in [2.45, 2.75) is 0 Å². The van der Waals surface area contributed by atoms with Crippen molar-refractivity contribution >= 4 is 18.0 Å². The van der Waals surface area contributed by atoms with Crippen LogP contribution in [-0.2, 0) is 4.79 Å². The molecule has 0 spiro atoms. The monoisotopic (exact) mass is 189 g/mol. The summed E-state index contributed by atoms with van der Waals surface area (Å²) in [6.45, 7) is 0. The molecule has 0 radical (unpaired) electrons. The number of imide groups is 1. The highest BCUT2D eigenvalue weighted by Crippen LogP contribution is 2.05. The number of aromatic nitrogens is 1. The Morgan fingerprint density at radius 3 is 2.71 bits per heavy atom. The molecule has 0 atom stereocenters. The number of hydrogen-bond donors (Lipinski definition) is 2. The molecule has 0 aromatic carbocycles. The predicted octanol–water partition coefficient (Wildman–Crippen LogP) is 0.262. The van der Waals surface area contributed by atoms with Crippen molar-refractivity contribution in [2.75, 3.05) is 0 Å². The molecule has 2 rings (SSSR count). The molecule has 1 aromatic heterocycles. The topological polar surface area (TPSA) is 71.1 Å². The van der Waals surface area contributed by atoms with Gasteiger partial charge in [-0.2, -0.15) is 0 Å². The third kappa shape index (κ3) is 1.61. The highest BCUT2D eigenvalue weighted by Gasteiger charge is 2.22. The number of nitrogens with zero attached hydrogens (tertiary/aromatic N) is 1. The quantitative estimate of drug-likeness (QED) is 0.491. The molecule has 14 heavy (non-hydrogen) atoms. The summed E-state index contributed by atoms with van der Waals surface area (Å²) in [6, 6.07) is 3.05. The molecule has 0 saturated carbocycles. The number of carbonyl (C=O) groups excluding carboxylic acids is 2. The van der Waals surface area contributed by atoms with Gasteiger partial charge in [0.2, 0.25) is 0 Å². The van der Waals surface area contributed by atoms with Crippen molar-refractivity contribution in [3.8, 4) is 0 Å². The Morgan fingerprint density at radius 1 is 1.29 bits per heavy atom. The number of nitrogens with one attached hydrogen (secondary N) is 2. The van der Waals surface area contributed by atoms with E-state index in [4.69, 9.17) is 0 Å². The molecule has 2 N–H and O–H groups in total. The van der Waals surface area contributed by atoms with Gasteiger partial charge in [0.15, 0.2) is 0 Å². The van der Waals surface area contributed by atoms with Gasteiger partial charge in [-0.25, -0.2) is 4.79 Å². The highest BCUT2D eigenvalue weighted by molar-refractivity contribution is 6.13. The Hall–Kier alpha value is -2.17. The molecule has 70 valence electrons. The molecule has 1 aromatic rings. The van der Waals surface area contributed by atoms with E-state index in [1.165, 1.54) is 0 Å². The fourth-order valence-electron chi connectivity index (χ4n) is 1.11. The smallest absolute Gasteiger partial charge is 0.303 e. The van der Waals surface area contributed by atoms with Crippen LogP contribution in [0.4, 0.5) is 4.79 Å². The first-order valence-corrected chi connectivity index (χ1v) is 4.00. The van der Waals surface area contributed by atoms with Crippen LogP contribution in [0.25, 0.3) is 6.08 Å². The lowest BCUT2D eigenvalue weighted by atomic mass is 10.2. The number of hydrogen-bond acceptors (Lipinski definition) is 3. The first-order chi connectivity index (χ1) is 6.75. The molecule has 5 nitrogen and oxygen atoms in total. The number of amides is 3. The van der Waals surface area contributed by atoms with E-state index >= 15 is 0 Å². The molecule has 1 saturated heterocycles. The van der Waals surface area contributed by atoms with E-state index in [1.54, 1.807) is 30.6 Å². The lowest BCUT2D eigenvalue weighted by Gasteiger charge is -1.93. The summed E-state index contributed by atoms with van der Waals surface area (Å²) in [5.74, 6) is -0.418. The van der Waals surface area contributed by atoms with E-state index in [0.717, 1.165) is 5.56 Å². The van der Waals surface area contributed by atoms with Crippen LogP contribution in [0.5, 0.6) is 0 Å². The molecule has 0 aliphatic carbocycles. The molecule has 0 bridgehead atoms. The highest BCUT2D eigenvalue weighted by atomic mass is 16.2. The molecule has 1 fully saturated rings. The van der Waals surface area contributed by atoms with Gasteiger partial charge >= 0.3 is 6.03 Å². The van der Waals surface area contributed by atoms with Gasteiger partial charge in [-0.3, -0.25) is 15.1 Å². The van der Waals surface area contributed by atoms with E-state index < -0.39 is 11.9 Å². The van der Waals surface area contributed by atoms with E-state index in [9.17, 15) is 9.59 Å². The largest absolute Gasteiger partial charge is 0.326 e. The lowest BCUT2D eigenvalue weighted by molar-refractivity contribution is -0.115. The third-order valence-corrected chi connectivity index (χ3v) is 1.72. The molecule has 1 aliphatic rings. The first-order valence-electron chi connectivity index (χ1n) is 4.00. The van der Waals surface area contributed by atoms with Crippen LogP contribution in [-0.4, -0.2) is 16.9 Å². The maximum absolute atomic E-state index is 11.1. The van der Waals surface area contributed by atoms with Crippen molar-refractivity contribution in [1.29, 1.82) is 0 Å². The zero-order chi connectivity index (χ0) is 9.97. The number of rotatable bonds is 1. The maximum atomic E-state index is 11.1. The van der Waals surface area contributed by atoms with Gasteiger partial charge < -0.3 is 5.32 Å². The van der Waals surface area contributed by atoms with Crippen molar-refractivity contribution in [3.63, 3.8) is 0 Å². The minimum Gasteiger partial charge on any atom is -0.303 e. The Labute approximate surface area is 79.8 Å². The average molecular weight is 189 g/mol. The van der Waals surface area contributed by atoms with Crippen LogP contribution >= 0.6 is 0 Å². The van der Waals surface area contributed by atoms with E-state index in [2.05, 4.69) is 15.6 Å². The van der Waals surface area contributed by atoms with Crippen molar-refractivity contribution < 1.29 is 9.59 Å². The second kappa shape index (κ2) is 3.29. The summed E-state index contributed by atoms with van der Waals surface area (Å²) in [5, 5.41) is 4.50. The Kier molecular flexibility index (Phi) is 1.98. The predicted molar refractivity (Wildman–Crippen MR) is 48.9 cm³/mol. The third-order valence-electron chi connectivity index (χ3n) is 1.72. The minimum absolute atomic E-state index is 0.239. The minimum atomic E-state index is -0.495. The Balaban J connectivity index is 2.28. The van der Waals surface area contributed by atoms with E-state index in [0.29, 0.717) is 0 Å². The van der Waals surface area contributed by atoms with Crippen molar-refractivity contribution in [1.82, 2.24) is 15.6 Å². The van der Waals surface area contributed by atoms with Crippen LogP contribution in [0.3, 0.4) is 0 Å². The zero-order valence-corrected chi connectivity index (χ0v) is 7.15. The van der Waals surface area contributed by atoms with Crippen LogP contribution in [0.15, 0.2) is 30.2 Å². The fraction of sp³-hybridized carbons (Fsp3) is 0. The van der Waals surface area contributed by atoms with Crippen LogP contribution in [0.2, 0.25) is 0 Å². The molecular formula is C9H7N3O2. The standard InChI is InChI=1S/C9H7N3O2/c13-8-7(11-9(14)12-8)4-6-2-1-3-10-5-6/h1-5H,(H2,11,12,13,14)/b7-4+. The second-order valence-corrected chi connectivity index (χ2v) is 2.75. The van der Waals surface area contributed by atoms with Gasteiger partial charge in [0, 0.05) is 12.4 Å². The fourth-order valence-corrected chi connectivity index (χ4v) is 1.11. The van der Waals surface area contributed by atoms with Crippen molar-refractivity contribution in [2.24, 2.45) is 0 Å². The number of urea groups is 1. The summed E-state index contributed by atoms with van der Waals surface area (Å²) >= 11 is 0. The summed E-state index contributed by atoms with van der Waals surface area (Å²) in [4.78, 5) is 25.7. The van der Waals surface area contributed by atoms with Gasteiger partial charge in [-0.1, -0.05) is 6.07 Å². The SMILES string of the molecule is O=C1NC(=O)/C(=C\c2cccnc2)N1. The summed E-state index contributed by atoms with van der Waals surface area (Å²) in [5.41, 5.74) is 1.00. The van der Waals surface area contributed by atoms with Crippen LogP contribution in [0, 0.1) is 0 Å². The second-order valence-electron chi connectivity index (χ2n) is 2.75.